The third-order valence-corrected chi connectivity index (χ3v) is 2.71. The van der Waals surface area contributed by atoms with E-state index in [1.807, 2.05) is 6.92 Å². The number of hydrogen-bond acceptors (Lipinski definition) is 2. The van der Waals surface area contributed by atoms with Gasteiger partial charge >= 0.3 is 0 Å². The predicted octanol–water partition coefficient (Wildman–Crippen LogP) is 1.95. The molecule has 1 N–H and O–H groups in total. The average Bonchev–Trinajstić information content (AvgIpc) is 2.46. The van der Waals surface area contributed by atoms with E-state index < -0.39 is 0 Å². The van der Waals surface area contributed by atoms with E-state index in [0.717, 1.165) is 23.3 Å². The van der Waals surface area contributed by atoms with Crippen molar-refractivity contribution >= 4 is 11.7 Å². The topological polar surface area (TPSA) is 46.2 Å². The Morgan fingerprint density at radius 3 is 2.27 bits per heavy atom. The molecule has 15 heavy (non-hydrogen) atoms. The number of hydrogen-bond donors (Lipinski definition) is 1. The van der Waals surface area contributed by atoms with Crippen LogP contribution in [-0.4, -0.2) is 11.7 Å². The Morgan fingerprint density at radius 1 is 1.27 bits per heavy atom. The number of rotatable bonds is 3. The van der Waals surface area contributed by atoms with E-state index in [2.05, 4.69) is 11.9 Å². The van der Waals surface area contributed by atoms with Gasteiger partial charge in [-0.15, -0.1) is 0 Å². The van der Waals surface area contributed by atoms with Crippen molar-refractivity contribution in [1.29, 1.82) is 0 Å². The van der Waals surface area contributed by atoms with Crippen LogP contribution in [0, 0.1) is 5.92 Å². The molecule has 82 valence electrons. The van der Waals surface area contributed by atoms with Crippen LogP contribution in [0.5, 0.6) is 0 Å². The van der Waals surface area contributed by atoms with Crippen LogP contribution >= 0.6 is 0 Å². The largest absolute Gasteiger partial charge is 0.330 e. The summed E-state index contributed by atoms with van der Waals surface area (Å²) < 4.78 is 0. The number of nitrogens with one attached hydrogen (secondary N) is 1. The van der Waals surface area contributed by atoms with Crippen molar-refractivity contribution in [1.82, 2.24) is 5.32 Å². The number of ketones is 1. The maximum atomic E-state index is 11.4. The molecule has 0 spiro atoms. The van der Waals surface area contributed by atoms with Crippen LogP contribution < -0.4 is 5.32 Å². The molecule has 1 aliphatic rings. The van der Waals surface area contributed by atoms with Gasteiger partial charge < -0.3 is 5.32 Å². The first kappa shape index (κ1) is 11.7. The van der Waals surface area contributed by atoms with Crippen LogP contribution in [-0.2, 0) is 9.59 Å². The Labute approximate surface area is 90.2 Å². The summed E-state index contributed by atoms with van der Waals surface area (Å²) in [4.78, 5) is 22.3. The van der Waals surface area contributed by atoms with Gasteiger partial charge in [-0.05, 0) is 32.6 Å². The van der Waals surface area contributed by atoms with Gasteiger partial charge in [-0.25, -0.2) is 0 Å². The Hall–Kier alpha value is -1.38. The Bertz CT molecular complexity index is 353. The first-order valence-electron chi connectivity index (χ1n) is 5.07. The van der Waals surface area contributed by atoms with E-state index in [0.29, 0.717) is 12.3 Å². The summed E-state index contributed by atoms with van der Waals surface area (Å²) in [6.07, 6.45) is 1.43. The van der Waals surface area contributed by atoms with Crippen LogP contribution in [0.25, 0.3) is 0 Å². The minimum absolute atomic E-state index is 0.0440. The van der Waals surface area contributed by atoms with Gasteiger partial charge in [0.1, 0.15) is 0 Å². The Morgan fingerprint density at radius 2 is 1.87 bits per heavy atom. The zero-order chi connectivity index (χ0) is 11.6. The number of carbonyl (C=O) groups excluding carboxylic acids is 2. The van der Waals surface area contributed by atoms with Crippen molar-refractivity contribution in [3.63, 3.8) is 0 Å². The highest BCUT2D eigenvalue weighted by Gasteiger charge is 2.27. The van der Waals surface area contributed by atoms with E-state index in [4.69, 9.17) is 0 Å². The SMILES string of the molecule is C=C(C)[C@@H]1CC(NC(C)=O)=C(C(C)=O)C1. The van der Waals surface area contributed by atoms with Crippen molar-refractivity contribution in [2.24, 2.45) is 5.92 Å². The highest BCUT2D eigenvalue weighted by Crippen LogP contribution is 2.34. The number of allylic oxidation sites excluding steroid dienone is 3. The fraction of sp³-hybridized carbons (Fsp3) is 0.500. The molecule has 3 heteroatoms. The van der Waals surface area contributed by atoms with E-state index in [9.17, 15) is 9.59 Å². The van der Waals surface area contributed by atoms with Crippen molar-refractivity contribution in [3.8, 4) is 0 Å². The van der Waals surface area contributed by atoms with Gasteiger partial charge in [0.15, 0.2) is 5.78 Å². The minimum atomic E-state index is -0.119. The van der Waals surface area contributed by atoms with Crippen LogP contribution in [0.2, 0.25) is 0 Å². The quantitative estimate of drug-likeness (QED) is 0.719. The standard InChI is InChI=1S/C12H17NO2/c1-7(2)10-5-11(8(3)14)12(6-10)13-9(4)15/h10H,1,5-6H2,2-4H3,(H,13,15)/t10-/m0/s1. The van der Waals surface area contributed by atoms with Gasteiger partial charge in [-0.2, -0.15) is 0 Å². The second kappa shape index (κ2) is 4.43. The van der Waals surface area contributed by atoms with Crippen LogP contribution in [0.1, 0.15) is 33.6 Å². The van der Waals surface area contributed by atoms with Crippen molar-refractivity contribution in [3.05, 3.63) is 23.4 Å². The number of amides is 1. The summed E-state index contributed by atoms with van der Waals surface area (Å²) in [7, 11) is 0. The first-order valence-corrected chi connectivity index (χ1v) is 5.07. The van der Waals surface area contributed by atoms with E-state index >= 15 is 0 Å². The molecule has 1 aliphatic carbocycles. The van der Waals surface area contributed by atoms with E-state index in [1.165, 1.54) is 13.8 Å². The lowest BCUT2D eigenvalue weighted by molar-refractivity contribution is -0.118. The normalized spacial score (nSPS) is 20.3. The number of Topliss-reactive ketones (excluding diaryl/α,β-unsaturated/α-hetero) is 1. The smallest absolute Gasteiger partial charge is 0.221 e. The molecule has 0 aromatic heterocycles. The van der Waals surface area contributed by atoms with E-state index in [1.54, 1.807) is 0 Å². The third-order valence-electron chi connectivity index (χ3n) is 2.71. The zero-order valence-electron chi connectivity index (χ0n) is 9.52. The summed E-state index contributed by atoms with van der Waals surface area (Å²) in [5.74, 6) is 0.222. The van der Waals surface area contributed by atoms with Gasteiger partial charge in [0.25, 0.3) is 0 Å². The van der Waals surface area contributed by atoms with Crippen molar-refractivity contribution in [2.75, 3.05) is 0 Å². The highest BCUT2D eigenvalue weighted by molar-refractivity contribution is 5.95. The molecule has 3 nitrogen and oxygen atoms in total. The fourth-order valence-electron chi connectivity index (χ4n) is 1.86. The molecule has 0 aromatic rings. The molecule has 0 bridgehead atoms. The maximum absolute atomic E-state index is 11.4. The Balaban J connectivity index is 2.86. The molecule has 0 radical (unpaired) electrons. The van der Waals surface area contributed by atoms with Gasteiger partial charge in [-0.3, -0.25) is 9.59 Å². The lowest BCUT2D eigenvalue weighted by Gasteiger charge is -2.08. The molecule has 0 unspecified atom stereocenters. The monoisotopic (exact) mass is 207 g/mol. The lowest BCUT2D eigenvalue weighted by Crippen LogP contribution is -2.20. The molecular weight excluding hydrogens is 190 g/mol. The van der Waals surface area contributed by atoms with Crippen molar-refractivity contribution in [2.45, 2.75) is 33.6 Å². The number of carbonyl (C=O) groups is 2. The minimum Gasteiger partial charge on any atom is -0.330 e. The molecule has 0 heterocycles. The van der Waals surface area contributed by atoms with Crippen LogP contribution in [0.3, 0.4) is 0 Å². The molecule has 0 fully saturated rings. The highest BCUT2D eigenvalue weighted by atomic mass is 16.1. The van der Waals surface area contributed by atoms with Crippen LogP contribution in [0.15, 0.2) is 23.4 Å². The molecule has 0 saturated carbocycles. The first-order chi connectivity index (χ1) is 6.91. The average molecular weight is 207 g/mol. The fourth-order valence-corrected chi connectivity index (χ4v) is 1.86. The second-order valence-electron chi connectivity index (χ2n) is 4.15. The Kier molecular flexibility index (Phi) is 3.45. The summed E-state index contributed by atoms with van der Waals surface area (Å²) >= 11 is 0. The summed E-state index contributed by atoms with van der Waals surface area (Å²) in [6, 6.07) is 0. The van der Waals surface area contributed by atoms with Gasteiger partial charge in [0.2, 0.25) is 5.91 Å². The molecule has 1 atom stereocenters. The molecule has 0 aliphatic heterocycles. The second-order valence-corrected chi connectivity index (χ2v) is 4.15. The van der Waals surface area contributed by atoms with Gasteiger partial charge in [0.05, 0.1) is 0 Å². The van der Waals surface area contributed by atoms with Gasteiger partial charge in [-0.1, -0.05) is 12.2 Å². The lowest BCUT2D eigenvalue weighted by atomic mass is 9.97. The summed E-state index contributed by atoms with van der Waals surface area (Å²) in [6.45, 7) is 8.85. The zero-order valence-corrected chi connectivity index (χ0v) is 9.52. The van der Waals surface area contributed by atoms with Gasteiger partial charge in [0, 0.05) is 18.2 Å². The molecular formula is C12H17NO2. The third kappa shape index (κ3) is 2.78. The predicted molar refractivity (Wildman–Crippen MR) is 59.1 cm³/mol. The molecule has 0 saturated heterocycles. The summed E-state index contributed by atoms with van der Waals surface area (Å²) in [5, 5.41) is 2.74. The van der Waals surface area contributed by atoms with Crippen molar-refractivity contribution < 1.29 is 9.59 Å². The maximum Gasteiger partial charge on any atom is 0.221 e. The van der Waals surface area contributed by atoms with E-state index in [-0.39, 0.29) is 11.7 Å². The molecule has 0 aromatic carbocycles. The molecule has 1 rings (SSSR count). The van der Waals surface area contributed by atoms with Crippen LogP contribution in [0.4, 0.5) is 0 Å². The summed E-state index contributed by atoms with van der Waals surface area (Å²) in [5.41, 5.74) is 2.59. The molecule has 1 amide bonds.